The van der Waals surface area contributed by atoms with Crippen LogP contribution in [0.5, 0.6) is 11.5 Å². The van der Waals surface area contributed by atoms with Crippen LogP contribution in [0.2, 0.25) is 0 Å². The monoisotopic (exact) mass is 378 g/mol. The first kappa shape index (κ1) is 17.8. The molecule has 1 aliphatic rings. The highest BCUT2D eigenvalue weighted by Crippen LogP contribution is 2.30. The SMILES string of the molecule is O=C(COC(=O)c1cc(-c2ccccc2)n[nH]1)c1ccc2c(c1)OCCCO2. The van der Waals surface area contributed by atoms with E-state index < -0.39 is 5.97 Å². The molecule has 0 saturated heterocycles. The Bertz CT molecular complexity index is 997. The van der Waals surface area contributed by atoms with Crippen LogP contribution in [0.1, 0.15) is 27.3 Å². The molecule has 0 radical (unpaired) electrons. The number of nitrogens with zero attached hydrogens (tertiary/aromatic N) is 1. The van der Waals surface area contributed by atoms with Gasteiger partial charge in [-0.1, -0.05) is 30.3 Å². The molecule has 7 nitrogen and oxygen atoms in total. The average Bonchev–Trinajstić information content (AvgIpc) is 3.11. The quantitative estimate of drug-likeness (QED) is 0.541. The molecule has 4 rings (SSSR count). The summed E-state index contributed by atoms with van der Waals surface area (Å²) in [6, 6.07) is 16.0. The zero-order valence-electron chi connectivity index (χ0n) is 15.0. The number of aromatic nitrogens is 2. The third-order valence-corrected chi connectivity index (χ3v) is 4.27. The molecule has 0 aliphatic carbocycles. The van der Waals surface area contributed by atoms with Gasteiger partial charge in [-0.3, -0.25) is 9.89 Å². The predicted octanol–water partition coefficient (Wildman–Crippen LogP) is 3.28. The number of fused-ring (bicyclic) bond motifs is 1. The molecule has 0 unspecified atom stereocenters. The molecule has 0 fully saturated rings. The van der Waals surface area contributed by atoms with Crippen molar-refractivity contribution in [1.82, 2.24) is 10.2 Å². The molecule has 0 bridgehead atoms. The number of carbonyl (C=O) groups is 2. The van der Waals surface area contributed by atoms with Gasteiger partial charge in [-0.15, -0.1) is 0 Å². The number of benzene rings is 2. The second-order valence-electron chi connectivity index (χ2n) is 6.24. The maximum Gasteiger partial charge on any atom is 0.356 e. The summed E-state index contributed by atoms with van der Waals surface area (Å²) >= 11 is 0. The number of esters is 1. The molecular formula is C21H18N2O5. The Morgan fingerprint density at radius 1 is 1.00 bits per heavy atom. The zero-order chi connectivity index (χ0) is 19.3. The molecule has 2 heterocycles. The minimum atomic E-state index is -0.641. The standard InChI is InChI=1S/C21H18N2O5/c24-18(15-7-8-19-20(11-15)27-10-4-9-26-19)13-28-21(25)17-12-16(22-23-17)14-5-2-1-3-6-14/h1-3,5-8,11-12H,4,9-10,13H2,(H,22,23). The molecule has 7 heteroatoms. The van der Waals surface area contributed by atoms with Crippen LogP contribution in [0, 0.1) is 0 Å². The number of H-pyrrole nitrogens is 1. The number of hydrogen-bond acceptors (Lipinski definition) is 6. The van der Waals surface area contributed by atoms with Crippen molar-refractivity contribution in [1.29, 1.82) is 0 Å². The molecule has 0 saturated carbocycles. The Hall–Kier alpha value is -3.61. The van der Waals surface area contributed by atoms with Crippen LogP contribution < -0.4 is 9.47 Å². The fourth-order valence-corrected chi connectivity index (χ4v) is 2.81. The van der Waals surface area contributed by atoms with Crippen molar-refractivity contribution in [3.63, 3.8) is 0 Å². The Labute approximate surface area is 161 Å². The van der Waals surface area contributed by atoms with Crippen LogP contribution in [0.3, 0.4) is 0 Å². The second-order valence-corrected chi connectivity index (χ2v) is 6.24. The molecule has 0 amide bonds. The Morgan fingerprint density at radius 2 is 1.79 bits per heavy atom. The molecular weight excluding hydrogens is 360 g/mol. The third-order valence-electron chi connectivity index (χ3n) is 4.27. The van der Waals surface area contributed by atoms with Gasteiger partial charge in [-0.25, -0.2) is 4.79 Å². The summed E-state index contributed by atoms with van der Waals surface area (Å²) in [6.07, 6.45) is 0.782. The number of hydrogen-bond donors (Lipinski definition) is 1. The van der Waals surface area contributed by atoms with Gasteiger partial charge < -0.3 is 14.2 Å². The van der Waals surface area contributed by atoms with Crippen LogP contribution in [0.4, 0.5) is 0 Å². The molecule has 3 aromatic rings. The van der Waals surface area contributed by atoms with E-state index >= 15 is 0 Å². The molecule has 28 heavy (non-hydrogen) atoms. The van der Waals surface area contributed by atoms with Crippen molar-refractivity contribution in [3.05, 3.63) is 65.9 Å². The Balaban J connectivity index is 1.39. The predicted molar refractivity (Wildman–Crippen MR) is 101 cm³/mol. The van der Waals surface area contributed by atoms with Crippen molar-refractivity contribution in [2.75, 3.05) is 19.8 Å². The average molecular weight is 378 g/mol. The fraction of sp³-hybridized carbons (Fsp3) is 0.190. The topological polar surface area (TPSA) is 90.5 Å². The van der Waals surface area contributed by atoms with E-state index in [1.54, 1.807) is 24.3 Å². The first-order valence-electron chi connectivity index (χ1n) is 8.91. The smallest absolute Gasteiger partial charge is 0.356 e. The van der Waals surface area contributed by atoms with E-state index in [9.17, 15) is 9.59 Å². The van der Waals surface area contributed by atoms with Gasteiger partial charge in [0.2, 0.25) is 0 Å². The summed E-state index contributed by atoms with van der Waals surface area (Å²) in [6.45, 7) is 0.731. The summed E-state index contributed by atoms with van der Waals surface area (Å²) in [4.78, 5) is 24.6. The lowest BCUT2D eigenvalue weighted by Crippen LogP contribution is -2.14. The van der Waals surface area contributed by atoms with E-state index in [1.165, 1.54) is 0 Å². The lowest BCUT2D eigenvalue weighted by Gasteiger charge is -2.09. The van der Waals surface area contributed by atoms with Gasteiger partial charge in [-0.05, 0) is 24.3 Å². The third kappa shape index (κ3) is 3.88. The van der Waals surface area contributed by atoms with Crippen molar-refractivity contribution < 1.29 is 23.8 Å². The number of nitrogens with one attached hydrogen (secondary N) is 1. The van der Waals surface area contributed by atoms with E-state index in [4.69, 9.17) is 14.2 Å². The molecule has 1 N–H and O–H groups in total. The van der Waals surface area contributed by atoms with Crippen LogP contribution in [-0.4, -0.2) is 41.8 Å². The fourth-order valence-electron chi connectivity index (χ4n) is 2.81. The van der Waals surface area contributed by atoms with Crippen molar-refractivity contribution in [3.8, 4) is 22.8 Å². The van der Waals surface area contributed by atoms with E-state index in [0.717, 1.165) is 12.0 Å². The van der Waals surface area contributed by atoms with Gasteiger partial charge in [0.1, 0.15) is 5.69 Å². The number of Topliss-reactive ketones (excluding diaryl/α,β-unsaturated/α-hetero) is 1. The largest absolute Gasteiger partial charge is 0.490 e. The number of carbonyl (C=O) groups excluding carboxylic acids is 2. The summed E-state index contributed by atoms with van der Waals surface area (Å²) in [5.74, 6) is 0.164. The summed E-state index contributed by atoms with van der Waals surface area (Å²) in [5, 5.41) is 6.75. The summed E-state index contributed by atoms with van der Waals surface area (Å²) in [5.41, 5.74) is 2.08. The number of rotatable bonds is 5. The minimum Gasteiger partial charge on any atom is -0.490 e. The molecule has 0 spiro atoms. The highest BCUT2D eigenvalue weighted by atomic mass is 16.5. The van der Waals surface area contributed by atoms with Gasteiger partial charge in [0, 0.05) is 17.5 Å². The first-order valence-corrected chi connectivity index (χ1v) is 8.91. The van der Waals surface area contributed by atoms with Gasteiger partial charge in [-0.2, -0.15) is 5.10 Å². The normalized spacial score (nSPS) is 12.9. The first-order chi connectivity index (χ1) is 13.7. The van der Waals surface area contributed by atoms with Crippen LogP contribution >= 0.6 is 0 Å². The van der Waals surface area contributed by atoms with Crippen LogP contribution in [0.25, 0.3) is 11.3 Å². The lowest BCUT2D eigenvalue weighted by atomic mass is 10.1. The van der Waals surface area contributed by atoms with Gasteiger partial charge in [0.05, 0.1) is 18.9 Å². The summed E-state index contributed by atoms with van der Waals surface area (Å²) < 4.78 is 16.3. The van der Waals surface area contributed by atoms with Gasteiger partial charge >= 0.3 is 5.97 Å². The molecule has 142 valence electrons. The zero-order valence-corrected chi connectivity index (χ0v) is 15.0. The molecule has 0 atom stereocenters. The Morgan fingerprint density at radius 3 is 2.61 bits per heavy atom. The highest BCUT2D eigenvalue weighted by molar-refractivity contribution is 5.99. The van der Waals surface area contributed by atoms with Crippen molar-refractivity contribution >= 4 is 11.8 Å². The van der Waals surface area contributed by atoms with Crippen LogP contribution in [-0.2, 0) is 4.74 Å². The van der Waals surface area contributed by atoms with Crippen molar-refractivity contribution in [2.24, 2.45) is 0 Å². The molecule has 1 aliphatic heterocycles. The maximum atomic E-state index is 12.4. The molecule has 1 aromatic heterocycles. The second kappa shape index (κ2) is 7.96. The van der Waals surface area contributed by atoms with E-state index in [-0.39, 0.29) is 18.1 Å². The van der Waals surface area contributed by atoms with E-state index in [1.807, 2.05) is 30.3 Å². The lowest BCUT2D eigenvalue weighted by molar-refractivity contribution is 0.0469. The Kier molecular flexibility index (Phi) is 5.05. The van der Waals surface area contributed by atoms with Crippen molar-refractivity contribution in [2.45, 2.75) is 6.42 Å². The number of ether oxygens (including phenoxy) is 3. The van der Waals surface area contributed by atoms with Gasteiger partial charge in [0.25, 0.3) is 0 Å². The van der Waals surface area contributed by atoms with Gasteiger partial charge in [0.15, 0.2) is 23.9 Å². The highest BCUT2D eigenvalue weighted by Gasteiger charge is 2.17. The number of ketones is 1. The van der Waals surface area contributed by atoms with E-state index in [2.05, 4.69) is 10.2 Å². The van der Waals surface area contributed by atoms with Crippen LogP contribution in [0.15, 0.2) is 54.6 Å². The molecule has 2 aromatic carbocycles. The van der Waals surface area contributed by atoms with E-state index in [0.29, 0.717) is 36.0 Å². The number of aromatic amines is 1. The maximum absolute atomic E-state index is 12.4. The minimum absolute atomic E-state index is 0.185. The summed E-state index contributed by atoms with van der Waals surface area (Å²) in [7, 11) is 0.